The second-order valence-electron chi connectivity index (χ2n) is 6.64. The molecule has 1 aliphatic rings. The number of hydrogen-bond acceptors (Lipinski definition) is 5. The van der Waals surface area contributed by atoms with E-state index in [0.29, 0.717) is 17.6 Å². The second-order valence-corrected chi connectivity index (χ2v) is 9.64. The van der Waals surface area contributed by atoms with Gasteiger partial charge in [0.25, 0.3) is 0 Å². The van der Waals surface area contributed by atoms with Crippen LogP contribution < -0.4 is 0 Å². The summed E-state index contributed by atoms with van der Waals surface area (Å²) in [6.45, 7) is 0.703. The van der Waals surface area contributed by atoms with Gasteiger partial charge in [-0.05, 0) is 43.2 Å². The second kappa shape index (κ2) is 7.88. The van der Waals surface area contributed by atoms with Crippen molar-refractivity contribution in [2.24, 2.45) is 0 Å². The molecule has 146 valence electrons. The van der Waals surface area contributed by atoms with Crippen LogP contribution in [0.1, 0.15) is 30.9 Å². The van der Waals surface area contributed by atoms with Gasteiger partial charge in [0, 0.05) is 38.6 Å². The number of benzene rings is 1. The summed E-state index contributed by atoms with van der Waals surface area (Å²) >= 11 is 4.89. The summed E-state index contributed by atoms with van der Waals surface area (Å²) in [7, 11) is -2.80. The standard InChI is InChI=1S/C19H17BrN2O4S2/c20-12-3-5-13(6-4-12)27-18-16-14(28(25)26)7-8-21-19(16)22-9-1-2-11(17(18)22)10-15(23)24/h3-8,11,28H,1-2,9-10H2,(H,23,24). The Morgan fingerprint density at radius 2 is 2.04 bits per heavy atom. The highest BCUT2D eigenvalue weighted by Crippen LogP contribution is 2.46. The van der Waals surface area contributed by atoms with Crippen LogP contribution in [0.2, 0.25) is 0 Å². The molecule has 4 rings (SSSR count). The zero-order valence-corrected chi connectivity index (χ0v) is 18.0. The van der Waals surface area contributed by atoms with Gasteiger partial charge < -0.3 is 9.67 Å². The van der Waals surface area contributed by atoms with E-state index in [0.717, 1.165) is 32.8 Å². The van der Waals surface area contributed by atoms with Crippen molar-refractivity contribution >= 4 is 55.4 Å². The molecule has 6 nitrogen and oxygen atoms in total. The molecule has 1 aliphatic heterocycles. The topological polar surface area (TPSA) is 89.3 Å². The molecule has 0 spiro atoms. The largest absolute Gasteiger partial charge is 0.481 e. The zero-order chi connectivity index (χ0) is 19.8. The highest BCUT2D eigenvalue weighted by atomic mass is 79.9. The van der Waals surface area contributed by atoms with Crippen LogP contribution in [0.15, 0.2) is 55.7 Å². The van der Waals surface area contributed by atoms with Gasteiger partial charge >= 0.3 is 5.97 Å². The van der Waals surface area contributed by atoms with E-state index in [4.69, 9.17) is 0 Å². The first-order chi connectivity index (χ1) is 13.5. The van der Waals surface area contributed by atoms with Crippen LogP contribution in [0.25, 0.3) is 11.0 Å². The van der Waals surface area contributed by atoms with Gasteiger partial charge in [0.15, 0.2) is 10.7 Å². The molecule has 0 radical (unpaired) electrons. The van der Waals surface area contributed by atoms with Crippen molar-refractivity contribution in [1.29, 1.82) is 0 Å². The number of carbonyl (C=O) groups is 1. The number of hydrogen-bond donors (Lipinski definition) is 2. The Morgan fingerprint density at radius 3 is 2.71 bits per heavy atom. The molecule has 3 aromatic rings. The quantitative estimate of drug-likeness (QED) is 0.529. The minimum Gasteiger partial charge on any atom is -0.481 e. The molecule has 3 heterocycles. The van der Waals surface area contributed by atoms with Gasteiger partial charge in [-0.2, -0.15) is 0 Å². The molecule has 1 aromatic carbocycles. The van der Waals surface area contributed by atoms with Crippen LogP contribution in [0, 0.1) is 0 Å². The van der Waals surface area contributed by atoms with E-state index in [9.17, 15) is 18.3 Å². The van der Waals surface area contributed by atoms with Crippen molar-refractivity contribution in [2.75, 3.05) is 0 Å². The summed E-state index contributed by atoms with van der Waals surface area (Å²) in [5.41, 5.74) is 1.50. The van der Waals surface area contributed by atoms with E-state index in [1.54, 1.807) is 0 Å². The third kappa shape index (κ3) is 3.58. The van der Waals surface area contributed by atoms with Crippen LogP contribution in [0.4, 0.5) is 0 Å². The first-order valence-corrected chi connectivity index (χ1v) is 11.5. The number of halogens is 1. The van der Waals surface area contributed by atoms with E-state index < -0.39 is 16.7 Å². The molecule has 0 aliphatic carbocycles. The summed E-state index contributed by atoms with van der Waals surface area (Å²) in [6.07, 6.45) is 3.12. The Bertz CT molecular complexity index is 1130. The minimum absolute atomic E-state index is 0.0169. The Morgan fingerprint density at radius 1 is 1.29 bits per heavy atom. The van der Waals surface area contributed by atoms with Gasteiger partial charge in [0.1, 0.15) is 5.65 Å². The van der Waals surface area contributed by atoms with Crippen molar-refractivity contribution in [3.8, 4) is 0 Å². The predicted molar refractivity (Wildman–Crippen MR) is 111 cm³/mol. The van der Waals surface area contributed by atoms with Gasteiger partial charge in [-0.15, -0.1) is 0 Å². The Balaban J connectivity index is 1.98. The average molecular weight is 481 g/mol. The van der Waals surface area contributed by atoms with E-state index in [1.165, 1.54) is 24.0 Å². The zero-order valence-electron chi connectivity index (χ0n) is 14.7. The Kier molecular flexibility index (Phi) is 5.48. The fourth-order valence-electron chi connectivity index (χ4n) is 3.78. The maximum Gasteiger partial charge on any atom is 0.304 e. The SMILES string of the molecule is O=C(O)CC1CCCn2c1c(Sc1ccc(Br)cc1)c1c([SH](=O)=O)ccnc12. The van der Waals surface area contributed by atoms with Gasteiger partial charge in [0.2, 0.25) is 0 Å². The van der Waals surface area contributed by atoms with E-state index >= 15 is 0 Å². The van der Waals surface area contributed by atoms with Crippen LogP contribution in [0.3, 0.4) is 0 Å². The Labute approximate surface area is 176 Å². The smallest absolute Gasteiger partial charge is 0.304 e. The third-order valence-corrected chi connectivity index (χ3v) is 7.31. The van der Waals surface area contributed by atoms with Crippen LogP contribution in [-0.2, 0) is 22.0 Å². The van der Waals surface area contributed by atoms with E-state index in [2.05, 4.69) is 20.9 Å². The molecule has 2 aromatic heterocycles. The van der Waals surface area contributed by atoms with Gasteiger partial charge in [0.05, 0.1) is 16.7 Å². The molecular formula is C19H17BrN2O4S2. The monoisotopic (exact) mass is 480 g/mol. The van der Waals surface area contributed by atoms with E-state index in [-0.39, 0.29) is 17.2 Å². The normalized spacial score (nSPS) is 16.4. The average Bonchev–Trinajstić information content (AvgIpc) is 2.98. The summed E-state index contributed by atoms with van der Waals surface area (Å²) < 4.78 is 26.8. The van der Waals surface area contributed by atoms with Gasteiger partial charge in [-0.3, -0.25) is 4.79 Å². The molecular weight excluding hydrogens is 464 g/mol. The third-order valence-electron chi connectivity index (χ3n) is 4.89. The van der Waals surface area contributed by atoms with Crippen LogP contribution in [0.5, 0.6) is 0 Å². The van der Waals surface area contributed by atoms with Gasteiger partial charge in [-0.25, -0.2) is 13.4 Å². The van der Waals surface area contributed by atoms with Crippen molar-refractivity contribution in [3.63, 3.8) is 0 Å². The maximum absolute atomic E-state index is 11.9. The molecule has 1 unspecified atom stereocenters. The number of pyridine rings is 1. The first kappa shape index (κ1) is 19.5. The summed E-state index contributed by atoms with van der Waals surface area (Å²) in [5.74, 6) is -1.03. The number of aromatic nitrogens is 2. The number of rotatable bonds is 5. The number of nitrogens with zero attached hydrogens (tertiary/aromatic N) is 2. The molecule has 1 N–H and O–H groups in total. The number of aryl methyl sites for hydroxylation is 1. The molecule has 0 saturated carbocycles. The highest BCUT2D eigenvalue weighted by molar-refractivity contribution is 9.10. The lowest BCUT2D eigenvalue weighted by molar-refractivity contribution is -0.137. The molecule has 0 bridgehead atoms. The number of aliphatic carboxylic acids is 1. The van der Waals surface area contributed by atoms with Gasteiger partial charge in [-0.1, -0.05) is 27.7 Å². The fourth-order valence-corrected chi connectivity index (χ4v) is 5.89. The number of carboxylic acid groups (broad SMARTS) is 1. The van der Waals surface area contributed by atoms with Crippen molar-refractivity contribution in [2.45, 2.75) is 46.4 Å². The molecule has 1 atom stereocenters. The fraction of sp³-hybridized carbons (Fsp3) is 0.263. The molecule has 0 amide bonds. The molecule has 0 saturated heterocycles. The van der Waals surface area contributed by atoms with Crippen molar-refractivity contribution in [3.05, 3.63) is 46.7 Å². The van der Waals surface area contributed by atoms with Crippen LogP contribution >= 0.6 is 27.7 Å². The lowest BCUT2D eigenvalue weighted by Crippen LogP contribution is -2.18. The summed E-state index contributed by atoms with van der Waals surface area (Å²) in [6, 6.07) is 9.27. The molecule has 9 heteroatoms. The summed E-state index contributed by atoms with van der Waals surface area (Å²) in [5, 5.41) is 9.98. The molecule has 28 heavy (non-hydrogen) atoms. The summed E-state index contributed by atoms with van der Waals surface area (Å²) in [4.78, 5) is 17.9. The number of fused-ring (bicyclic) bond motifs is 3. The predicted octanol–water partition coefficient (Wildman–Crippen LogP) is 4.27. The number of carboxylic acids is 1. The van der Waals surface area contributed by atoms with Crippen molar-refractivity contribution < 1.29 is 18.3 Å². The Hall–Kier alpha value is -1.84. The maximum atomic E-state index is 11.9. The van der Waals surface area contributed by atoms with Crippen molar-refractivity contribution in [1.82, 2.24) is 9.55 Å². The lowest BCUT2D eigenvalue weighted by atomic mass is 9.93. The lowest BCUT2D eigenvalue weighted by Gasteiger charge is -2.25. The van der Waals surface area contributed by atoms with Crippen LogP contribution in [-0.4, -0.2) is 29.0 Å². The van der Waals surface area contributed by atoms with E-state index in [1.807, 2.05) is 28.8 Å². The minimum atomic E-state index is -2.80. The highest BCUT2D eigenvalue weighted by Gasteiger charge is 2.31. The molecule has 0 fully saturated rings. The first-order valence-electron chi connectivity index (χ1n) is 8.76. The number of thiol groups is 1.